The van der Waals surface area contributed by atoms with E-state index in [1.54, 1.807) is 12.1 Å². The molecule has 0 saturated carbocycles. The quantitative estimate of drug-likeness (QED) is 0.695. The van der Waals surface area contributed by atoms with E-state index in [2.05, 4.69) is 21.2 Å². The molecule has 1 amide bonds. The average Bonchev–Trinajstić information content (AvgIpc) is 3.04. The van der Waals surface area contributed by atoms with Crippen LogP contribution in [-0.2, 0) is 6.61 Å². The summed E-state index contributed by atoms with van der Waals surface area (Å²) in [5, 5.41) is 2.77. The number of hydrogen-bond donors (Lipinski definition) is 1. The lowest BCUT2D eigenvalue weighted by molar-refractivity contribution is 0.0992. The van der Waals surface area contributed by atoms with Crippen LogP contribution in [0.5, 0.6) is 5.75 Å². The topological polar surface area (TPSA) is 51.5 Å². The number of para-hydroxylation sites is 1. The van der Waals surface area contributed by atoms with Crippen molar-refractivity contribution in [3.8, 4) is 5.75 Å². The summed E-state index contributed by atoms with van der Waals surface area (Å²) in [6.07, 6.45) is 0. The van der Waals surface area contributed by atoms with Gasteiger partial charge in [0.1, 0.15) is 18.1 Å². The second kappa shape index (κ2) is 7.15. The van der Waals surface area contributed by atoms with Crippen LogP contribution >= 0.6 is 15.9 Å². The molecule has 4 nitrogen and oxygen atoms in total. The molecule has 1 aromatic heterocycles. The van der Waals surface area contributed by atoms with Crippen molar-refractivity contribution in [3.05, 3.63) is 82.7 Å². The molecule has 2 aromatic carbocycles. The smallest absolute Gasteiger partial charge is 0.291 e. The first kappa shape index (κ1) is 15.4. The molecule has 0 aliphatic rings. The Labute approximate surface area is 142 Å². The second-order valence-corrected chi connectivity index (χ2v) is 5.74. The van der Waals surface area contributed by atoms with E-state index in [-0.39, 0.29) is 18.3 Å². The number of carbonyl (C=O) groups excluding carboxylic acids is 1. The van der Waals surface area contributed by atoms with Crippen molar-refractivity contribution in [1.29, 1.82) is 0 Å². The van der Waals surface area contributed by atoms with E-state index in [1.807, 2.05) is 54.6 Å². The standard InChI is InChI=1S/C18H14BrNO3/c19-13-6-8-15(9-7-13)22-12-16-10-11-17(23-16)18(21)20-14-4-2-1-3-5-14/h1-11H,12H2,(H,20,21). The highest BCUT2D eigenvalue weighted by Gasteiger charge is 2.11. The molecular weight excluding hydrogens is 358 g/mol. The van der Waals surface area contributed by atoms with Gasteiger partial charge in [0.2, 0.25) is 0 Å². The summed E-state index contributed by atoms with van der Waals surface area (Å²) in [6, 6.07) is 20.1. The minimum atomic E-state index is -0.286. The minimum Gasteiger partial charge on any atom is -0.486 e. The molecule has 1 heterocycles. The molecule has 116 valence electrons. The molecule has 0 atom stereocenters. The van der Waals surface area contributed by atoms with Gasteiger partial charge in [-0.3, -0.25) is 4.79 Å². The van der Waals surface area contributed by atoms with Crippen molar-refractivity contribution in [2.75, 3.05) is 5.32 Å². The van der Waals surface area contributed by atoms with Crippen LogP contribution in [0.2, 0.25) is 0 Å². The van der Waals surface area contributed by atoms with Crippen molar-refractivity contribution in [1.82, 2.24) is 0 Å². The largest absolute Gasteiger partial charge is 0.486 e. The number of halogens is 1. The molecular formula is C18H14BrNO3. The molecule has 0 unspecified atom stereocenters. The maximum absolute atomic E-state index is 12.1. The third-order valence-electron chi connectivity index (χ3n) is 3.11. The predicted molar refractivity (Wildman–Crippen MR) is 91.6 cm³/mol. The number of amides is 1. The first-order valence-electron chi connectivity index (χ1n) is 7.04. The van der Waals surface area contributed by atoms with E-state index in [9.17, 15) is 4.79 Å². The van der Waals surface area contributed by atoms with E-state index in [0.717, 1.165) is 15.9 Å². The van der Waals surface area contributed by atoms with E-state index < -0.39 is 0 Å². The Balaban J connectivity index is 1.59. The van der Waals surface area contributed by atoms with Crippen molar-refractivity contribution in [3.63, 3.8) is 0 Å². The van der Waals surface area contributed by atoms with Gasteiger partial charge in [-0.15, -0.1) is 0 Å². The lowest BCUT2D eigenvalue weighted by Crippen LogP contribution is -2.10. The summed E-state index contributed by atoms with van der Waals surface area (Å²) >= 11 is 3.37. The zero-order chi connectivity index (χ0) is 16.1. The number of furan rings is 1. The number of nitrogens with one attached hydrogen (secondary N) is 1. The highest BCUT2D eigenvalue weighted by Crippen LogP contribution is 2.18. The monoisotopic (exact) mass is 371 g/mol. The normalized spacial score (nSPS) is 10.3. The van der Waals surface area contributed by atoms with Crippen LogP contribution < -0.4 is 10.1 Å². The van der Waals surface area contributed by atoms with Crippen molar-refractivity contribution < 1.29 is 13.9 Å². The molecule has 5 heteroatoms. The number of anilines is 1. The Morgan fingerprint density at radius 3 is 2.48 bits per heavy atom. The average molecular weight is 372 g/mol. The van der Waals surface area contributed by atoms with E-state index in [0.29, 0.717) is 5.76 Å². The Hall–Kier alpha value is -2.53. The van der Waals surface area contributed by atoms with Crippen LogP contribution in [-0.4, -0.2) is 5.91 Å². The molecule has 3 aromatic rings. The van der Waals surface area contributed by atoms with Gasteiger partial charge in [-0.1, -0.05) is 34.1 Å². The molecule has 0 aliphatic heterocycles. The summed E-state index contributed by atoms with van der Waals surface area (Å²) in [7, 11) is 0. The Morgan fingerprint density at radius 2 is 1.74 bits per heavy atom. The first-order valence-corrected chi connectivity index (χ1v) is 7.83. The Morgan fingerprint density at radius 1 is 1.00 bits per heavy atom. The fraction of sp³-hybridized carbons (Fsp3) is 0.0556. The maximum Gasteiger partial charge on any atom is 0.291 e. The van der Waals surface area contributed by atoms with Gasteiger partial charge < -0.3 is 14.5 Å². The Kier molecular flexibility index (Phi) is 4.78. The van der Waals surface area contributed by atoms with Gasteiger partial charge in [-0.2, -0.15) is 0 Å². The molecule has 1 N–H and O–H groups in total. The molecule has 0 radical (unpaired) electrons. The molecule has 3 rings (SSSR count). The summed E-state index contributed by atoms with van der Waals surface area (Å²) in [4.78, 5) is 12.1. The van der Waals surface area contributed by atoms with Crippen molar-refractivity contribution in [2.45, 2.75) is 6.61 Å². The van der Waals surface area contributed by atoms with Gasteiger partial charge >= 0.3 is 0 Å². The van der Waals surface area contributed by atoms with Crippen LogP contribution in [0.25, 0.3) is 0 Å². The van der Waals surface area contributed by atoms with Crippen LogP contribution in [0, 0.1) is 0 Å². The van der Waals surface area contributed by atoms with Gasteiger partial charge in [-0.05, 0) is 48.5 Å². The summed E-state index contributed by atoms with van der Waals surface area (Å²) in [6.45, 7) is 0.264. The zero-order valence-electron chi connectivity index (χ0n) is 12.2. The zero-order valence-corrected chi connectivity index (χ0v) is 13.7. The number of rotatable bonds is 5. The highest BCUT2D eigenvalue weighted by atomic mass is 79.9. The van der Waals surface area contributed by atoms with Gasteiger partial charge in [-0.25, -0.2) is 0 Å². The fourth-order valence-electron chi connectivity index (χ4n) is 1.98. The van der Waals surface area contributed by atoms with Crippen LogP contribution in [0.15, 0.2) is 75.6 Å². The highest BCUT2D eigenvalue weighted by molar-refractivity contribution is 9.10. The molecule has 0 fully saturated rings. The third kappa shape index (κ3) is 4.23. The molecule has 0 bridgehead atoms. The van der Waals surface area contributed by atoms with Gasteiger partial charge in [0.25, 0.3) is 5.91 Å². The van der Waals surface area contributed by atoms with Crippen LogP contribution in [0.1, 0.15) is 16.3 Å². The molecule has 0 spiro atoms. The number of ether oxygens (including phenoxy) is 1. The number of carbonyl (C=O) groups is 1. The SMILES string of the molecule is O=C(Nc1ccccc1)c1ccc(COc2ccc(Br)cc2)o1. The first-order chi connectivity index (χ1) is 11.2. The van der Waals surface area contributed by atoms with Gasteiger partial charge in [0.15, 0.2) is 5.76 Å². The lowest BCUT2D eigenvalue weighted by atomic mass is 10.3. The Bertz CT molecular complexity index is 782. The molecule has 0 aliphatic carbocycles. The predicted octanol–water partition coefficient (Wildman–Crippen LogP) is 4.87. The molecule has 0 saturated heterocycles. The van der Waals surface area contributed by atoms with E-state index in [1.165, 1.54) is 0 Å². The van der Waals surface area contributed by atoms with Crippen molar-refractivity contribution in [2.24, 2.45) is 0 Å². The molecule has 23 heavy (non-hydrogen) atoms. The van der Waals surface area contributed by atoms with Crippen LogP contribution in [0.4, 0.5) is 5.69 Å². The summed E-state index contributed by atoms with van der Waals surface area (Å²) < 4.78 is 12.1. The lowest BCUT2D eigenvalue weighted by Gasteiger charge is -2.04. The van der Waals surface area contributed by atoms with E-state index >= 15 is 0 Å². The van der Waals surface area contributed by atoms with Crippen LogP contribution in [0.3, 0.4) is 0 Å². The minimum absolute atomic E-state index is 0.253. The van der Waals surface area contributed by atoms with E-state index in [4.69, 9.17) is 9.15 Å². The summed E-state index contributed by atoms with van der Waals surface area (Å²) in [5.74, 6) is 1.29. The second-order valence-electron chi connectivity index (χ2n) is 4.83. The third-order valence-corrected chi connectivity index (χ3v) is 3.64. The number of benzene rings is 2. The maximum atomic E-state index is 12.1. The summed E-state index contributed by atoms with van der Waals surface area (Å²) in [5.41, 5.74) is 0.724. The number of hydrogen-bond acceptors (Lipinski definition) is 3. The van der Waals surface area contributed by atoms with Crippen molar-refractivity contribution >= 4 is 27.5 Å². The fourth-order valence-corrected chi connectivity index (χ4v) is 2.24. The van der Waals surface area contributed by atoms with Gasteiger partial charge in [0.05, 0.1) is 0 Å². The van der Waals surface area contributed by atoms with Gasteiger partial charge in [0, 0.05) is 10.2 Å².